The zero-order valence-electron chi connectivity index (χ0n) is 9.23. The molecule has 4 heteroatoms. The van der Waals surface area contributed by atoms with E-state index < -0.39 is 0 Å². The molecule has 15 heavy (non-hydrogen) atoms. The summed E-state index contributed by atoms with van der Waals surface area (Å²) in [5.41, 5.74) is 1.19. The van der Waals surface area contributed by atoms with Crippen molar-refractivity contribution in [1.29, 1.82) is 0 Å². The van der Waals surface area contributed by atoms with Crippen LogP contribution >= 0.6 is 0 Å². The van der Waals surface area contributed by atoms with E-state index in [2.05, 4.69) is 15.2 Å². The normalized spacial score (nSPS) is 20.7. The minimum atomic E-state index is 0.601. The Labute approximate surface area is 90.3 Å². The second-order valence-corrected chi connectivity index (χ2v) is 3.78. The van der Waals surface area contributed by atoms with E-state index in [4.69, 9.17) is 4.74 Å². The van der Waals surface area contributed by atoms with Crippen molar-refractivity contribution in [2.75, 3.05) is 32.1 Å². The number of aromatic nitrogens is 1. The lowest BCUT2D eigenvalue weighted by Gasteiger charge is -2.18. The van der Waals surface area contributed by atoms with Crippen molar-refractivity contribution in [2.45, 2.75) is 12.5 Å². The Morgan fingerprint density at radius 3 is 3.13 bits per heavy atom. The lowest BCUT2D eigenvalue weighted by Crippen LogP contribution is -2.29. The number of rotatable bonds is 3. The molecular weight excluding hydrogens is 190 g/mol. The molecule has 1 fully saturated rings. The molecular formula is C11H17N3O. The third kappa shape index (κ3) is 2.21. The molecule has 0 amide bonds. The third-order valence-corrected chi connectivity index (χ3v) is 2.89. The van der Waals surface area contributed by atoms with E-state index in [1.54, 1.807) is 13.3 Å². The molecule has 1 aliphatic heterocycles. The van der Waals surface area contributed by atoms with Gasteiger partial charge in [0.2, 0.25) is 5.88 Å². The minimum absolute atomic E-state index is 0.601. The quantitative estimate of drug-likeness (QED) is 0.798. The van der Waals surface area contributed by atoms with Gasteiger partial charge in [-0.3, -0.25) is 0 Å². The smallest absolute Gasteiger partial charge is 0.214 e. The van der Waals surface area contributed by atoms with Gasteiger partial charge in [-0.1, -0.05) is 0 Å². The maximum Gasteiger partial charge on any atom is 0.214 e. The van der Waals surface area contributed by atoms with E-state index in [-0.39, 0.29) is 0 Å². The van der Waals surface area contributed by atoms with Gasteiger partial charge in [-0.05, 0) is 19.5 Å². The molecule has 1 atom stereocenters. The molecule has 1 aromatic rings. The second-order valence-electron chi connectivity index (χ2n) is 3.78. The molecule has 2 rings (SSSR count). The lowest BCUT2D eigenvalue weighted by atomic mass is 10.3. The summed E-state index contributed by atoms with van der Waals surface area (Å²) in [6.07, 6.45) is 2.99. The van der Waals surface area contributed by atoms with Crippen LogP contribution in [0.2, 0.25) is 0 Å². The highest BCUT2D eigenvalue weighted by Crippen LogP contribution is 2.22. The van der Waals surface area contributed by atoms with Crippen LogP contribution in [0.4, 0.5) is 5.69 Å². The van der Waals surface area contributed by atoms with Crippen molar-refractivity contribution in [3.8, 4) is 5.88 Å². The molecule has 0 aromatic carbocycles. The number of methoxy groups -OCH3 is 1. The van der Waals surface area contributed by atoms with Gasteiger partial charge in [0, 0.05) is 37.1 Å². The highest BCUT2D eigenvalue weighted by molar-refractivity contribution is 5.49. The monoisotopic (exact) mass is 207 g/mol. The van der Waals surface area contributed by atoms with Crippen molar-refractivity contribution in [2.24, 2.45) is 0 Å². The number of anilines is 1. The van der Waals surface area contributed by atoms with Crippen LogP contribution in [0.3, 0.4) is 0 Å². The molecule has 1 saturated heterocycles. The summed E-state index contributed by atoms with van der Waals surface area (Å²) >= 11 is 0. The number of pyridine rings is 1. The fourth-order valence-corrected chi connectivity index (χ4v) is 1.94. The maximum absolute atomic E-state index is 5.11. The Balaban J connectivity index is 2.09. The molecule has 2 heterocycles. The fraction of sp³-hybridized carbons (Fsp3) is 0.545. The summed E-state index contributed by atoms with van der Waals surface area (Å²) in [5.74, 6) is 0.681. The van der Waals surface area contributed by atoms with Gasteiger partial charge in [0.1, 0.15) is 0 Å². The Bertz CT molecular complexity index is 329. The van der Waals surface area contributed by atoms with Crippen molar-refractivity contribution in [1.82, 2.24) is 10.3 Å². The Kier molecular flexibility index (Phi) is 3.06. The molecule has 0 spiro atoms. The van der Waals surface area contributed by atoms with Gasteiger partial charge < -0.3 is 15.0 Å². The van der Waals surface area contributed by atoms with Crippen LogP contribution < -0.4 is 15.0 Å². The van der Waals surface area contributed by atoms with Crippen LogP contribution in [0.1, 0.15) is 6.42 Å². The van der Waals surface area contributed by atoms with Gasteiger partial charge >= 0.3 is 0 Å². The van der Waals surface area contributed by atoms with E-state index in [1.165, 1.54) is 12.1 Å². The number of ether oxygens (including phenoxy) is 1. The Morgan fingerprint density at radius 2 is 2.47 bits per heavy atom. The van der Waals surface area contributed by atoms with Crippen LogP contribution in [0.15, 0.2) is 18.3 Å². The molecule has 1 N–H and O–H groups in total. The largest absolute Gasteiger partial charge is 0.481 e. The molecule has 0 radical (unpaired) electrons. The number of hydrogen-bond acceptors (Lipinski definition) is 4. The lowest BCUT2D eigenvalue weighted by molar-refractivity contribution is 0.398. The highest BCUT2D eigenvalue weighted by Gasteiger charge is 2.21. The van der Waals surface area contributed by atoms with Gasteiger partial charge in [0.25, 0.3) is 0 Å². The summed E-state index contributed by atoms with van der Waals surface area (Å²) in [7, 11) is 3.66. The average Bonchev–Trinajstić information content (AvgIpc) is 2.78. The van der Waals surface area contributed by atoms with Crippen molar-refractivity contribution < 1.29 is 4.74 Å². The van der Waals surface area contributed by atoms with Crippen LogP contribution in [0.5, 0.6) is 5.88 Å². The summed E-state index contributed by atoms with van der Waals surface area (Å²) in [6, 6.07) is 4.61. The molecule has 0 aliphatic carbocycles. The molecule has 82 valence electrons. The van der Waals surface area contributed by atoms with Gasteiger partial charge in [0.05, 0.1) is 7.11 Å². The van der Waals surface area contributed by atoms with Crippen LogP contribution in [-0.2, 0) is 0 Å². The first kappa shape index (κ1) is 10.2. The van der Waals surface area contributed by atoms with Gasteiger partial charge in [-0.15, -0.1) is 0 Å². The predicted molar refractivity (Wildman–Crippen MR) is 60.5 cm³/mol. The van der Waals surface area contributed by atoms with Gasteiger partial charge in [-0.2, -0.15) is 0 Å². The van der Waals surface area contributed by atoms with E-state index in [0.717, 1.165) is 13.1 Å². The highest BCUT2D eigenvalue weighted by atomic mass is 16.5. The predicted octanol–water partition coefficient (Wildman–Crippen LogP) is 0.888. The molecule has 0 saturated carbocycles. The molecule has 1 aromatic heterocycles. The van der Waals surface area contributed by atoms with Crippen LogP contribution in [0, 0.1) is 0 Å². The van der Waals surface area contributed by atoms with Crippen LogP contribution in [0.25, 0.3) is 0 Å². The first-order chi connectivity index (χ1) is 7.33. The second kappa shape index (κ2) is 4.49. The van der Waals surface area contributed by atoms with E-state index in [1.807, 2.05) is 19.2 Å². The number of hydrogen-bond donors (Lipinski definition) is 1. The number of nitrogens with zero attached hydrogens (tertiary/aromatic N) is 2. The minimum Gasteiger partial charge on any atom is -0.481 e. The van der Waals surface area contributed by atoms with E-state index in [9.17, 15) is 0 Å². The zero-order valence-corrected chi connectivity index (χ0v) is 9.23. The fourth-order valence-electron chi connectivity index (χ4n) is 1.94. The first-order valence-electron chi connectivity index (χ1n) is 5.25. The van der Waals surface area contributed by atoms with Crippen molar-refractivity contribution in [3.63, 3.8) is 0 Å². The summed E-state index contributed by atoms with van der Waals surface area (Å²) in [6.45, 7) is 2.16. The Morgan fingerprint density at radius 1 is 1.60 bits per heavy atom. The number of likely N-dealkylation sites (N-methyl/N-ethyl adjacent to an activating group) is 1. The summed E-state index contributed by atoms with van der Waals surface area (Å²) < 4.78 is 5.11. The summed E-state index contributed by atoms with van der Waals surface area (Å²) in [5, 5.41) is 3.30. The number of nitrogens with one attached hydrogen (secondary N) is 1. The summed E-state index contributed by atoms with van der Waals surface area (Å²) in [4.78, 5) is 6.46. The van der Waals surface area contributed by atoms with Gasteiger partial charge in [-0.25, -0.2) is 4.98 Å². The van der Waals surface area contributed by atoms with Crippen molar-refractivity contribution >= 4 is 5.69 Å². The standard InChI is InChI=1S/C11H17N3O/c1-12-9-4-6-14(8-9)10-3-5-13-11(7-10)15-2/h3,5,7,9,12H,4,6,8H2,1-2H3. The van der Waals surface area contributed by atoms with Gasteiger partial charge in [0.15, 0.2) is 0 Å². The SMILES string of the molecule is CNC1CCN(c2ccnc(OC)c2)C1. The molecule has 1 aliphatic rings. The average molecular weight is 207 g/mol. The maximum atomic E-state index is 5.11. The van der Waals surface area contributed by atoms with Crippen molar-refractivity contribution in [3.05, 3.63) is 18.3 Å². The zero-order chi connectivity index (χ0) is 10.7. The Hall–Kier alpha value is -1.29. The first-order valence-corrected chi connectivity index (χ1v) is 5.25. The molecule has 4 nitrogen and oxygen atoms in total. The van der Waals surface area contributed by atoms with Crippen LogP contribution in [-0.4, -0.2) is 38.3 Å². The topological polar surface area (TPSA) is 37.4 Å². The molecule has 0 bridgehead atoms. The van der Waals surface area contributed by atoms with E-state index in [0.29, 0.717) is 11.9 Å². The third-order valence-electron chi connectivity index (χ3n) is 2.89. The van der Waals surface area contributed by atoms with E-state index >= 15 is 0 Å². The molecule has 1 unspecified atom stereocenters.